The highest BCUT2D eigenvalue weighted by atomic mass is 35.5. The molecular formula is C11H9ClN4S2. The lowest BCUT2D eigenvalue weighted by molar-refractivity contribution is 0.974. The molecule has 3 aromatic heterocycles. The lowest BCUT2D eigenvalue weighted by Gasteiger charge is -2.03. The Hall–Kier alpha value is -1.11. The van der Waals surface area contributed by atoms with Gasteiger partial charge in [0.1, 0.15) is 0 Å². The van der Waals surface area contributed by atoms with Crippen LogP contribution in [0.15, 0.2) is 23.4 Å². The highest BCUT2D eigenvalue weighted by molar-refractivity contribution is 7.98. The fourth-order valence-electron chi connectivity index (χ4n) is 1.73. The zero-order chi connectivity index (χ0) is 12.7. The molecule has 3 rings (SSSR count). The summed E-state index contributed by atoms with van der Waals surface area (Å²) in [5.41, 5.74) is 2.88. The fourth-order valence-corrected chi connectivity index (χ4v) is 3.06. The van der Waals surface area contributed by atoms with Crippen molar-refractivity contribution in [2.24, 2.45) is 0 Å². The molecule has 3 heterocycles. The third kappa shape index (κ3) is 2.00. The van der Waals surface area contributed by atoms with Crippen LogP contribution >= 0.6 is 34.7 Å². The smallest absolute Gasteiger partial charge is 0.213 e. The van der Waals surface area contributed by atoms with Gasteiger partial charge in [-0.2, -0.15) is 0 Å². The summed E-state index contributed by atoms with van der Waals surface area (Å²) in [6.07, 6.45) is 3.89. The van der Waals surface area contributed by atoms with Gasteiger partial charge in [0.2, 0.25) is 9.43 Å². The van der Waals surface area contributed by atoms with Gasteiger partial charge in [0, 0.05) is 11.3 Å². The van der Waals surface area contributed by atoms with Gasteiger partial charge in [-0.3, -0.25) is 0 Å². The Kier molecular flexibility index (Phi) is 3.01. The quantitative estimate of drug-likeness (QED) is 0.679. The number of hydrogen-bond acceptors (Lipinski definition) is 5. The molecule has 7 heteroatoms. The molecule has 0 aliphatic carbocycles. The highest BCUT2D eigenvalue weighted by Gasteiger charge is 2.11. The van der Waals surface area contributed by atoms with Crippen molar-refractivity contribution >= 4 is 39.7 Å². The average molecular weight is 297 g/mol. The molecule has 0 aliphatic rings. The van der Waals surface area contributed by atoms with Crippen LogP contribution in [0.1, 0.15) is 5.69 Å². The Labute approximate surface area is 117 Å². The van der Waals surface area contributed by atoms with Gasteiger partial charge in [-0.25, -0.2) is 14.5 Å². The summed E-state index contributed by atoms with van der Waals surface area (Å²) in [6.45, 7) is 1.99. The zero-order valence-electron chi connectivity index (χ0n) is 9.72. The Bertz CT molecular complexity index is 687. The second-order valence-electron chi connectivity index (χ2n) is 3.69. The second-order valence-corrected chi connectivity index (χ2v) is 6.06. The first-order valence-electron chi connectivity index (χ1n) is 5.21. The number of imidazole rings is 1. The van der Waals surface area contributed by atoms with Gasteiger partial charge in [-0.15, -0.1) is 16.9 Å². The highest BCUT2D eigenvalue weighted by Crippen LogP contribution is 2.27. The minimum Gasteiger partial charge on any atom is -0.246 e. The van der Waals surface area contributed by atoms with Crippen molar-refractivity contribution in [1.29, 1.82) is 0 Å². The summed E-state index contributed by atoms with van der Waals surface area (Å²) in [7, 11) is 0. The topological polar surface area (TPSA) is 43.1 Å². The molecule has 0 aliphatic heterocycles. The maximum atomic E-state index is 5.83. The summed E-state index contributed by atoms with van der Waals surface area (Å²) in [4.78, 5) is 9.81. The molecule has 18 heavy (non-hydrogen) atoms. The maximum absolute atomic E-state index is 5.83. The summed E-state index contributed by atoms with van der Waals surface area (Å²) in [5.74, 6) is 0. The van der Waals surface area contributed by atoms with Crippen LogP contribution < -0.4 is 0 Å². The lowest BCUT2D eigenvalue weighted by atomic mass is 10.1. The molecule has 92 valence electrons. The number of aryl methyl sites for hydroxylation is 1. The molecule has 4 nitrogen and oxygen atoms in total. The van der Waals surface area contributed by atoms with Crippen LogP contribution in [0.5, 0.6) is 0 Å². The van der Waals surface area contributed by atoms with E-state index >= 15 is 0 Å². The summed E-state index contributed by atoms with van der Waals surface area (Å²) in [6, 6.07) is 4.04. The van der Waals surface area contributed by atoms with Crippen LogP contribution in [0.2, 0.25) is 4.47 Å². The van der Waals surface area contributed by atoms with Gasteiger partial charge in [0.05, 0.1) is 16.9 Å². The molecule has 3 aromatic rings. The first-order valence-corrected chi connectivity index (χ1v) is 7.63. The van der Waals surface area contributed by atoms with Crippen molar-refractivity contribution < 1.29 is 0 Å². The van der Waals surface area contributed by atoms with E-state index in [2.05, 4.69) is 15.1 Å². The number of thioether (sulfide) groups is 1. The maximum Gasteiger partial charge on any atom is 0.213 e. The SMILES string of the molecule is CSc1ccc(-c2cn3nc(Cl)sc3n2)c(C)n1. The number of aromatic nitrogens is 4. The van der Waals surface area contributed by atoms with Crippen molar-refractivity contribution in [2.75, 3.05) is 6.26 Å². The Morgan fingerprint density at radius 3 is 2.83 bits per heavy atom. The van der Waals surface area contributed by atoms with Crippen LogP contribution in [0.3, 0.4) is 0 Å². The number of halogens is 1. The normalized spacial score (nSPS) is 11.3. The Morgan fingerprint density at radius 1 is 1.33 bits per heavy atom. The van der Waals surface area contributed by atoms with Crippen molar-refractivity contribution in [1.82, 2.24) is 19.6 Å². The van der Waals surface area contributed by atoms with E-state index in [1.54, 1.807) is 16.3 Å². The van der Waals surface area contributed by atoms with Crippen LogP contribution in [0, 0.1) is 6.92 Å². The van der Waals surface area contributed by atoms with Gasteiger partial charge >= 0.3 is 0 Å². The number of hydrogen-bond donors (Lipinski definition) is 0. The number of nitrogens with zero attached hydrogens (tertiary/aromatic N) is 4. The standard InChI is InChI=1S/C11H9ClN4S2/c1-6-7(3-4-9(13-6)17-2)8-5-16-11(14-8)18-10(12)15-16/h3-5H,1-2H3. The van der Waals surface area contributed by atoms with Gasteiger partial charge < -0.3 is 0 Å². The average Bonchev–Trinajstić information content (AvgIpc) is 2.85. The van der Waals surface area contributed by atoms with Crippen molar-refractivity contribution in [3.05, 3.63) is 28.5 Å². The van der Waals surface area contributed by atoms with E-state index in [0.717, 1.165) is 26.9 Å². The third-order valence-corrected chi connectivity index (χ3v) is 4.23. The molecule has 0 spiro atoms. The second kappa shape index (κ2) is 4.53. The molecular weight excluding hydrogens is 288 g/mol. The molecule has 0 aromatic carbocycles. The van der Waals surface area contributed by atoms with Crippen LogP contribution in [0.4, 0.5) is 0 Å². The minimum atomic E-state index is 0.497. The van der Waals surface area contributed by atoms with E-state index in [4.69, 9.17) is 11.6 Å². The molecule has 0 N–H and O–H groups in total. The molecule has 0 amide bonds. The predicted octanol–water partition coefficient (Wildman–Crippen LogP) is 3.54. The van der Waals surface area contributed by atoms with Gasteiger partial charge in [-0.1, -0.05) is 11.3 Å². The lowest BCUT2D eigenvalue weighted by Crippen LogP contribution is -1.89. The van der Waals surface area contributed by atoms with E-state index in [9.17, 15) is 0 Å². The molecule has 0 fully saturated rings. The van der Waals surface area contributed by atoms with E-state index in [-0.39, 0.29) is 0 Å². The minimum absolute atomic E-state index is 0.497. The summed E-state index contributed by atoms with van der Waals surface area (Å²) in [5, 5.41) is 5.15. The Balaban J connectivity index is 2.10. The molecule has 0 atom stereocenters. The monoisotopic (exact) mass is 296 g/mol. The predicted molar refractivity (Wildman–Crippen MR) is 75.6 cm³/mol. The molecule has 0 saturated heterocycles. The third-order valence-electron chi connectivity index (χ3n) is 2.56. The Morgan fingerprint density at radius 2 is 2.17 bits per heavy atom. The first-order chi connectivity index (χ1) is 8.67. The largest absolute Gasteiger partial charge is 0.246 e. The van der Waals surface area contributed by atoms with E-state index in [1.165, 1.54) is 11.3 Å². The van der Waals surface area contributed by atoms with E-state index in [1.807, 2.05) is 31.5 Å². The number of rotatable bonds is 2. The van der Waals surface area contributed by atoms with Gasteiger partial charge in [0.15, 0.2) is 0 Å². The summed E-state index contributed by atoms with van der Waals surface area (Å²) < 4.78 is 2.20. The molecule has 0 saturated carbocycles. The van der Waals surface area contributed by atoms with Crippen LogP contribution in [-0.4, -0.2) is 25.8 Å². The number of pyridine rings is 1. The molecule has 0 bridgehead atoms. The van der Waals surface area contributed by atoms with E-state index < -0.39 is 0 Å². The summed E-state index contributed by atoms with van der Waals surface area (Å²) >= 11 is 8.82. The molecule has 0 unspecified atom stereocenters. The van der Waals surface area contributed by atoms with E-state index in [0.29, 0.717) is 4.47 Å². The van der Waals surface area contributed by atoms with Crippen molar-refractivity contribution in [3.8, 4) is 11.3 Å². The van der Waals surface area contributed by atoms with Gasteiger partial charge in [0.25, 0.3) is 0 Å². The van der Waals surface area contributed by atoms with Crippen LogP contribution in [-0.2, 0) is 0 Å². The zero-order valence-corrected chi connectivity index (χ0v) is 12.1. The first kappa shape index (κ1) is 12.0. The van der Waals surface area contributed by atoms with Gasteiger partial charge in [-0.05, 0) is 36.9 Å². The number of fused-ring (bicyclic) bond motifs is 1. The molecule has 0 radical (unpaired) electrons. The van der Waals surface area contributed by atoms with Crippen molar-refractivity contribution in [2.45, 2.75) is 11.9 Å². The van der Waals surface area contributed by atoms with Crippen LogP contribution in [0.25, 0.3) is 16.2 Å². The van der Waals surface area contributed by atoms with Crippen molar-refractivity contribution in [3.63, 3.8) is 0 Å². The fraction of sp³-hybridized carbons (Fsp3) is 0.182.